The Balaban J connectivity index is 2.15. The molecule has 0 aliphatic rings. The Morgan fingerprint density at radius 2 is 1.33 bits per heavy atom. The molecule has 0 bridgehead atoms. The molecule has 12 heteroatoms. The second-order valence-corrected chi connectivity index (χ2v) is 4.64. The molecule has 2 aromatic heterocycles. The number of aryl methyl sites for hydroxylation is 2. The molecular weight excluding hydrogens is 320 g/mol. The SMILES string of the molecule is C[n+]1noc(/N=N/[O-])c1-c1cccc(-c2c(/N=N/[O-])on[n+]2C)c1. The van der Waals surface area contributed by atoms with Crippen molar-refractivity contribution in [3.8, 4) is 22.5 Å². The lowest BCUT2D eigenvalue weighted by Gasteiger charge is -1.98. The summed E-state index contributed by atoms with van der Waals surface area (Å²) in [5.41, 5.74) is 2.18. The highest BCUT2D eigenvalue weighted by molar-refractivity contribution is 5.73. The summed E-state index contributed by atoms with van der Waals surface area (Å²) < 4.78 is 12.7. The molecule has 3 aromatic rings. The average molecular weight is 330 g/mol. The second-order valence-electron chi connectivity index (χ2n) is 4.64. The van der Waals surface area contributed by atoms with Crippen LogP contribution in [0, 0.1) is 10.4 Å². The van der Waals surface area contributed by atoms with Gasteiger partial charge in [-0.05, 0) is 27.6 Å². The maximum atomic E-state index is 10.4. The van der Waals surface area contributed by atoms with Crippen molar-refractivity contribution in [2.75, 3.05) is 0 Å². The van der Waals surface area contributed by atoms with Gasteiger partial charge in [-0.3, -0.25) is 9.05 Å². The first-order valence-corrected chi connectivity index (χ1v) is 6.55. The van der Waals surface area contributed by atoms with Gasteiger partial charge in [-0.2, -0.15) is 0 Å². The fraction of sp³-hybridized carbons (Fsp3) is 0.167. The Kier molecular flexibility index (Phi) is 3.93. The molecule has 0 spiro atoms. The average Bonchev–Trinajstić information content (AvgIpc) is 3.11. The summed E-state index contributed by atoms with van der Waals surface area (Å²) in [6, 6.07) is 7.03. The standard InChI is InChI=1S/C12H10N8O4/c1-19-9(11(13-15-21)23-17-19)7-4-3-5-8(6-7)10-12(14-16-22)24-18-20(10)2/h3-6H,1-2H3. The van der Waals surface area contributed by atoms with E-state index in [0.717, 1.165) is 0 Å². The smallest absolute Gasteiger partial charge is 0.347 e. The van der Waals surface area contributed by atoms with E-state index in [-0.39, 0.29) is 11.8 Å². The Morgan fingerprint density at radius 1 is 0.875 bits per heavy atom. The molecule has 0 aliphatic carbocycles. The molecule has 0 saturated heterocycles. The minimum Gasteiger partial charge on any atom is -0.775 e. The highest BCUT2D eigenvalue weighted by Gasteiger charge is 2.27. The van der Waals surface area contributed by atoms with E-state index in [1.54, 1.807) is 38.4 Å². The molecule has 122 valence electrons. The number of benzene rings is 1. The number of nitrogens with zero attached hydrogens (tertiary/aromatic N) is 8. The first kappa shape index (κ1) is 15.2. The van der Waals surface area contributed by atoms with E-state index in [1.807, 2.05) is 0 Å². The minimum absolute atomic E-state index is 0.0289. The van der Waals surface area contributed by atoms with Crippen molar-refractivity contribution in [2.45, 2.75) is 0 Å². The van der Waals surface area contributed by atoms with Crippen molar-refractivity contribution < 1.29 is 18.4 Å². The quantitative estimate of drug-likeness (QED) is 0.403. The molecule has 0 unspecified atom stereocenters. The first-order chi connectivity index (χ1) is 11.7. The summed E-state index contributed by atoms with van der Waals surface area (Å²) in [7, 11) is 3.26. The monoisotopic (exact) mass is 330 g/mol. The third-order valence-electron chi connectivity index (χ3n) is 3.22. The van der Waals surface area contributed by atoms with Crippen LogP contribution in [0.2, 0.25) is 0 Å². The summed E-state index contributed by atoms with van der Waals surface area (Å²) in [6.45, 7) is 0. The van der Waals surface area contributed by atoms with Crippen LogP contribution in [-0.4, -0.2) is 10.5 Å². The van der Waals surface area contributed by atoms with Crippen LogP contribution >= 0.6 is 0 Å². The van der Waals surface area contributed by atoms with Crippen molar-refractivity contribution in [3.05, 3.63) is 34.7 Å². The highest BCUT2D eigenvalue weighted by Crippen LogP contribution is 2.32. The van der Waals surface area contributed by atoms with Crippen LogP contribution in [0.4, 0.5) is 11.8 Å². The van der Waals surface area contributed by atoms with Crippen LogP contribution in [0.1, 0.15) is 0 Å². The summed E-state index contributed by atoms with van der Waals surface area (Å²) in [5.74, 6) is -0.0578. The Hall–Kier alpha value is -3.70. The molecule has 0 atom stereocenters. The van der Waals surface area contributed by atoms with Crippen molar-refractivity contribution in [3.63, 3.8) is 0 Å². The molecule has 0 aliphatic heterocycles. The lowest BCUT2D eigenvalue weighted by molar-refractivity contribution is -0.730. The van der Waals surface area contributed by atoms with Crippen molar-refractivity contribution in [1.29, 1.82) is 0 Å². The molecule has 0 N–H and O–H groups in total. The molecule has 12 nitrogen and oxygen atoms in total. The maximum absolute atomic E-state index is 10.4. The molecule has 0 radical (unpaired) electrons. The van der Waals surface area contributed by atoms with Gasteiger partial charge in [-0.15, -0.1) is 10.2 Å². The lowest BCUT2D eigenvalue weighted by Crippen LogP contribution is -2.32. The van der Waals surface area contributed by atoms with E-state index in [0.29, 0.717) is 22.5 Å². The lowest BCUT2D eigenvalue weighted by atomic mass is 10.1. The van der Waals surface area contributed by atoms with Gasteiger partial charge in [0.05, 0.1) is 11.1 Å². The topological polar surface area (TPSA) is 155 Å². The number of rotatable bonds is 4. The molecule has 24 heavy (non-hydrogen) atoms. The van der Waals surface area contributed by atoms with Crippen molar-refractivity contribution >= 4 is 11.8 Å². The van der Waals surface area contributed by atoms with E-state index >= 15 is 0 Å². The van der Waals surface area contributed by atoms with Crippen LogP contribution in [0.25, 0.3) is 22.5 Å². The molecular formula is C12H10N8O4. The maximum Gasteiger partial charge on any atom is 0.347 e. The van der Waals surface area contributed by atoms with E-state index in [9.17, 15) is 10.4 Å². The largest absolute Gasteiger partial charge is 0.775 e. The van der Waals surface area contributed by atoms with Gasteiger partial charge < -0.3 is 10.4 Å². The van der Waals surface area contributed by atoms with Gasteiger partial charge >= 0.3 is 23.2 Å². The number of aromatic nitrogens is 4. The predicted octanol–water partition coefficient (Wildman–Crippen LogP) is 1.81. The Morgan fingerprint density at radius 3 is 1.75 bits per heavy atom. The summed E-state index contributed by atoms with van der Waals surface area (Å²) in [5, 5.41) is 39.9. The van der Waals surface area contributed by atoms with Crippen LogP contribution in [0.3, 0.4) is 0 Å². The Labute approximate surface area is 133 Å². The van der Waals surface area contributed by atoms with Gasteiger partial charge in [0.15, 0.2) is 14.1 Å². The van der Waals surface area contributed by atoms with Gasteiger partial charge in [0, 0.05) is 0 Å². The summed E-state index contributed by atoms with van der Waals surface area (Å²) >= 11 is 0. The summed E-state index contributed by atoms with van der Waals surface area (Å²) in [6.07, 6.45) is 0. The van der Waals surface area contributed by atoms with Crippen LogP contribution in [-0.2, 0) is 14.1 Å². The molecule has 0 amide bonds. The summed E-state index contributed by atoms with van der Waals surface area (Å²) in [4.78, 5) is 0. The van der Waals surface area contributed by atoms with E-state index < -0.39 is 0 Å². The molecule has 0 fully saturated rings. The van der Waals surface area contributed by atoms with Crippen molar-refractivity contribution in [1.82, 2.24) is 10.5 Å². The number of hydrogen-bond acceptors (Lipinski definition) is 10. The zero-order valence-electron chi connectivity index (χ0n) is 12.5. The second kappa shape index (κ2) is 6.20. The van der Waals surface area contributed by atoms with Crippen LogP contribution in [0.15, 0.2) is 54.1 Å². The molecule has 0 saturated carbocycles. The molecule has 2 heterocycles. The van der Waals surface area contributed by atoms with Crippen LogP contribution in [0.5, 0.6) is 0 Å². The van der Waals surface area contributed by atoms with E-state index in [4.69, 9.17) is 9.05 Å². The zero-order valence-corrected chi connectivity index (χ0v) is 12.5. The van der Waals surface area contributed by atoms with Crippen molar-refractivity contribution in [2.24, 2.45) is 34.9 Å². The van der Waals surface area contributed by atoms with Gasteiger partial charge in [-0.1, -0.05) is 6.07 Å². The Bertz CT molecular complexity index is 858. The highest BCUT2D eigenvalue weighted by atomic mass is 16.5. The fourth-order valence-corrected chi connectivity index (χ4v) is 2.28. The first-order valence-electron chi connectivity index (χ1n) is 6.55. The molecule has 1 aromatic carbocycles. The number of hydrogen-bond donors (Lipinski definition) is 0. The van der Waals surface area contributed by atoms with Gasteiger partial charge in [0.1, 0.15) is 0 Å². The van der Waals surface area contributed by atoms with E-state index in [1.165, 1.54) is 9.36 Å². The third kappa shape index (κ3) is 2.55. The van der Waals surface area contributed by atoms with Crippen LogP contribution < -0.4 is 9.36 Å². The van der Waals surface area contributed by atoms with Gasteiger partial charge in [0.2, 0.25) is 10.5 Å². The zero-order chi connectivity index (χ0) is 17.1. The third-order valence-corrected chi connectivity index (χ3v) is 3.22. The minimum atomic E-state index is -0.0289. The van der Waals surface area contributed by atoms with Gasteiger partial charge in [0.25, 0.3) is 0 Å². The van der Waals surface area contributed by atoms with Gasteiger partial charge in [-0.25, -0.2) is 10.6 Å². The van der Waals surface area contributed by atoms with E-state index in [2.05, 4.69) is 31.3 Å². The molecule has 3 rings (SSSR count). The fourth-order valence-electron chi connectivity index (χ4n) is 2.28. The predicted molar refractivity (Wildman–Crippen MR) is 75.6 cm³/mol. The normalized spacial score (nSPS) is 11.8.